The predicted molar refractivity (Wildman–Crippen MR) is 98.2 cm³/mol. The monoisotopic (exact) mass is 329 g/mol. The molecular formula is C19H27N3O2. The Labute approximate surface area is 143 Å². The van der Waals surface area contributed by atoms with E-state index in [0.717, 1.165) is 23.4 Å². The van der Waals surface area contributed by atoms with E-state index in [2.05, 4.69) is 22.0 Å². The quantitative estimate of drug-likeness (QED) is 0.672. The smallest absolute Gasteiger partial charge is 0.239 e. The van der Waals surface area contributed by atoms with Gasteiger partial charge in [-0.2, -0.15) is 0 Å². The number of carbonyl (C=O) groups is 2. The summed E-state index contributed by atoms with van der Waals surface area (Å²) in [4.78, 5) is 23.1. The first-order chi connectivity index (χ1) is 11.5. The third-order valence-corrected chi connectivity index (χ3v) is 4.15. The van der Waals surface area contributed by atoms with E-state index in [1.807, 2.05) is 25.1 Å². The number of carbonyl (C=O) groups excluding carboxylic acids is 2. The number of nitrogens with one attached hydrogen (secondary N) is 3. The molecule has 5 nitrogen and oxygen atoms in total. The molecule has 2 amide bonds. The number of rotatable bonds is 7. The normalized spacial score (nSPS) is 13.8. The van der Waals surface area contributed by atoms with Gasteiger partial charge in [0.1, 0.15) is 0 Å². The highest BCUT2D eigenvalue weighted by Crippen LogP contribution is 2.20. The van der Waals surface area contributed by atoms with Crippen molar-refractivity contribution >= 4 is 23.2 Å². The fraction of sp³-hybridized carbons (Fsp3) is 0.474. The molecule has 0 atom stereocenters. The van der Waals surface area contributed by atoms with E-state index >= 15 is 0 Å². The maximum Gasteiger partial charge on any atom is 0.239 e. The molecule has 0 spiro atoms. The average molecular weight is 329 g/mol. The fourth-order valence-electron chi connectivity index (χ4n) is 2.80. The van der Waals surface area contributed by atoms with E-state index in [-0.39, 0.29) is 18.4 Å². The third kappa shape index (κ3) is 6.07. The van der Waals surface area contributed by atoms with Gasteiger partial charge in [-0.25, -0.2) is 0 Å². The number of hydrogen-bond donors (Lipinski definition) is 3. The zero-order valence-electron chi connectivity index (χ0n) is 14.6. The largest absolute Gasteiger partial charge is 0.376 e. The Morgan fingerprint density at radius 1 is 1.21 bits per heavy atom. The van der Waals surface area contributed by atoms with Gasteiger partial charge in [0.25, 0.3) is 0 Å². The van der Waals surface area contributed by atoms with Crippen molar-refractivity contribution in [3.63, 3.8) is 0 Å². The van der Waals surface area contributed by atoms with Gasteiger partial charge in [-0.3, -0.25) is 9.59 Å². The topological polar surface area (TPSA) is 70.2 Å². The molecule has 1 aliphatic carbocycles. The highest BCUT2D eigenvalue weighted by atomic mass is 16.2. The molecule has 1 aliphatic rings. The van der Waals surface area contributed by atoms with Gasteiger partial charge in [0.2, 0.25) is 11.8 Å². The lowest BCUT2D eigenvalue weighted by Crippen LogP contribution is -2.30. The molecule has 1 aromatic carbocycles. The van der Waals surface area contributed by atoms with Gasteiger partial charge in [-0.1, -0.05) is 17.7 Å². The van der Waals surface area contributed by atoms with Crippen LogP contribution in [0, 0.1) is 6.92 Å². The Morgan fingerprint density at radius 2 is 2.04 bits per heavy atom. The number of allylic oxidation sites excluding steroid dienone is 1. The maximum atomic E-state index is 11.9. The third-order valence-electron chi connectivity index (χ3n) is 4.15. The Bertz CT molecular complexity index is 623. The second-order valence-electron chi connectivity index (χ2n) is 6.27. The summed E-state index contributed by atoms with van der Waals surface area (Å²) in [7, 11) is 0. The Hall–Kier alpha value is -2.30. The van der Waals surface area contributed by atoms with Gasteiger partial charge in [-0.05, 0) is 56.7 Å². The van der Waals surface area contributed by atoms with Gasteiger partial charge >= 0.3 is 0 Å². The minimum atomic E-state index is -0.106. The van der Waals surface area contributed by atoms with E-state index in [1.54, 1.807) is 0 Å². The van der Waals surface area contributed by atoms with Crippen LogP contribution in [0.4, 0.5) is 11.4 Å². The first kappa shape index (κ1) is 18.0. The summed E-state index contributed by atoms with van der Waals surface area (Å²) in [5, 5.41) is 8.83. The molecule has 0 radical (unpaired) electrons. The van der Waals surface area contributed by atoms with E-state index in [1.165, 1.54) is 38.2 Å². The Balaban J connectivity index is 1.74. The molecule has 5 heteroatoms. The van der Waals surface area contributed by atoms with Gasteiger partial charge in [0.15, 0.2) is 0 Å². The van der Waals surface area contributed by atoms with Crippen molar-refractivity contribution in [1.29, 1.82) is 0 Å². The highest BCUT2D eigenvalue weighted by Gasteiger charge is 2.06. The molecule has 0 aromatic heterocycles. The summed E-state index contributed by atoms with van der Waals surface area (Å²) in [5.41, 5.74) is 4.03. The summed E-state index contributed by atoms with van der Waals surface area (Å²) in [5.74, 6) is -0.127. The fourth-order valence-corrected chi connectivity index (χ4v) is 2.80. The summed E-state index contributed by atoms with van der Waals surface area (Å²) in [6.07, 6.45) is 8.16. The molecule has 0 fully saturated rings. The zero-order valence-corrected chi connectivity index (χ0v) is 14.6. The molecule has 0 aliphatic heterocycles. The number of aryl methyl sites for hydroxylation is 1. The lowest BCUT2D eigenvalue weighted by molar-refractivity contribution is -0.119. The molecule has 0 unspecified atom stereocenters. The standard InChI is InChI=1S/C19H27N3O2/c1-14-8-9-17(12-18(14)22-15(2)23)21-13-19(24)20-11-10-16-6-4-3-5-7-16/h6,8-9,12,21H,3-5,7,10-11,13H2,1-2H3,(H,20,24)(H,22,23). The summed E-state index contributed by atoms with van der Waals surface area (Å²) in [6.45, 7) is 4.33. The van der Waals surface area contributed by atoms with Crippen molar-refractivity contribution in [3.8, 4) is 0 Å². The molecule has 3 N–H and O–H groups in total. The van der Waals surface area contributed by atoms with Gasteiger partial charge in [0.05, 0.1) is 6.54 Å². The molecule has 0 heterocycles. The maximum absolute atomic E-state index is 11.9. The van der Waals surface area contributed by atoms with Crippen LogP contribution in [-0.4, -0.2) is 24.9 Å². The molecule has 1 aromatic rings. The Kier molecular flexibility index (Phi) is 6.85. The summed E-state index contributed by atoms with van der Waals surface area (Å²) in [6, 6.07) is 5.67. The minimum absolute atomic E-state index is 0.0203. The van der Waals surface area contributed by atoms with Crippen molar-refractivity contribution in [3.05, 3.63) is 35.4 Å². The molecular weight excluding hydrogens is 302 g/mol. The van der Waals surface area contributed by atoms with Gasteiger partial charge in [0, 0.05) is 24.8 Å². The van der Waals surface area contributed by atoms with E-state index < -0.39 is 0 Å². The van der Waals surface area contributed by atoms with Crippen LogP contribution in [0.15, 0.2) is 29.8 Å². The van der Waals surface area contributed by atoms with Crippen LogP contribution in [-0.2, 0) is 9.59 Å². The van der Waals surface area contributed by atoms with Crippen LogP contribution in [0.5, 0.6) is 0 Å². The molecule has 2 rings (SSSR count). The lowest BCUT2D eigenvalue weighted by atomic mass is 9.97. The van der Waals surface area contributed by atoms with Gasteiger partial charge < -0.3 is 16.0 Å². The van der Waals surface area contributed by atoms with Crippen molar-refractivity contribution in [1.82, 2.24) is 5.32 Å². The predicted octanol–water partition coefficient (Wildman–Crippen LogP) is 3.37. The van der Waals surface area contributed by atoms with E-state index in [9.17, 15) is 9.59 Å². The van der Waals surface area contributed by atoms with E-state index in [0.29, 0.717) is 6.54 Å². The van der Waals surface area contributed by atoms with Crippen LogP contribution >= 0.6 is 0 Å². The highest BCUT2D eigenvalue weighted by molar-refractivity contribution is 5.90. The average Bonchev–Trinajstić information content (AvgIpc) is 2.56. The van der Waals surface area contributed by atoms with E-state index in [4.69, 9.17) is 0 Å². The molecule has 0 saturated heterocycles. The Morgan fingerprint density at radius 3 is 2.75 bits per heavy atom. The van der Waals surface area contributed by atoms with Crippen LogP contribution in [0.25, 0.3) is 0 Å². The van der Waals surface area contributed by atoms with Crippen LogP contribution < -0.4 is 16.0 Å². The molecule has 0 saturated carbocycles. The van der Waals surface area contributed by atoms with Crippen molar-refractivity contribution in [2.75, 3.05) is 23.7 Å². The summed E-state index contributed by atoms with van der Waals surface area (Å²) < 4.78 is 0. The number of amides is 2. The van der Waals surface area contributed by atoms with Crippen molar-refractivity contribution in [2.45, 2.75) is 46.0 Å². The first-order valence-electron chi connectivity index (χ1n) is 8.61. The molecule has 130 valence electrons. The first-order valence-corrected chi connectivity index (χ1v) is 8.61. The van der Waals surface area contributed by atoms with Crippen LogP contribution in [0.2, 0.25) is 0 Å². The SMILES string of the molecule is CC(=O)Nc1cc(NCC(=O)NCCC2=CCCCC2)ccc1C. The number of anilines is 2. The molecule has 0 bridgehead atoms. The molecule has 24 heavy (non-hydrogen) atoms. The number of benzene rings is 1. The number of hydrogen-bond acceptors (Lipinski definition) is 3. The second kappa shape index (κ2) is 9.11. The van der Waals surface area contributed by atoms with Crippen molar-refractivity contribution < 1.29 is 9.59 Å². The zero-order chi connectivity index (χ0) is 17.4. The van der Waals surface area contributed by atoms with Gasteiger partial charge in [-0.15, -0.1) is 0 Å². The second-order valence-corrected chi connectivity index (χ2v) is 6.27. The van der Waals surface area contributed by atoms with Crippen LogP contribution in [0.1, 0.15) is 44.6 Å². The van der Waals surface area contributed by atoms with Crippen molar-refractivity contribution in [2.24, 2.45) is 0 Å². The summed E-state index contributed by atoms with van der Waals surface area (Å²) >= 11 is 0. The lowest BCUT2D eigenvalue weighted by Gasteiger charge is -2.14. The minimum Gasteiger partial charge on any atom is -0.376 e. The van der Waals surface area contributed by atoms with Crippen LogP contribution in [0.3, 0.4) is 0 Å².